The molecule has 0 spiro atoms. The first-order valence-corrected chi connectivity index (χ1v) is 5.90. The minimum absolute atomic E-state index is 0.195. The van der Waals surface area contributed by atoms with Crippen LogP contribution in [0.4, 0.5) is 4.39 Å². The molecule has 0 saturated heterocycles. The zero-order valence-corrected chi connectivity index (χ0v) is 9.40. The molecule has 14 heavy (non-hydrogen) atoms. The largest absolute Gasteiger partial charge is 0.323 e. The highest BCUT2D eigenvalue weighted by Gasteiger charge is 2.10. The van der Waals surface area contributed by atoms with E-state index in [2.05, 4.69) is 6.92 Å². The lowest BCUT2D eigenvalue weighted by atomic mass is 10.1. The Balaban J connectivity index is 2.77. The fraction of sp³-hybridized carbons (Fsp3) is 0.455. The van der Waals surface area contributed by atoms with Gasteiger partial charge in [0.15, 0.2) is 0 Å². The van der Waals surface area contributed by atoms with Crippen LogP contribution in [0.15, 0.2) is 18.2 Å². The molecule has 0 aliphatic carbocycles. The standard InChI is InChI=1S/C11H16FNS/c1-3-14-7-11(13)9-6-8(2)4-5-10(9)12/h4-6,11H,3,7,13H2,1-2H3. The van der Waals surface area contributed by atoms with Crippen molar-refractivity contribution in [1.82, 2.24) is 0 Å². The van der Waals surface area contributed by atoms with Gasteiger partial charge in [-0.3, -0.25) is 0 Å². The second kappa shape index (κ2) is 5.37. The maximum absolute atomic E-state index is 13.4. The van der Waals surface area contributed by atoms with Crippen molar-refractivity contribution in [1.29, 1.82) is 0 Å². The normalized spacial score (nSPS) is 12.9. The molecule has 1 atom stereocenters. The average Bonchev–Trinajstić information content (AvgIpc) is 2.18. The van der Waals surface area contributed by atoms with Crippen LogP contribution in [-0.2, 0) is 0 Å². The summed E-state index contributed by atoms with van der Waals surface area (Å²) in [5.41, 5.74) is 7.57. The summed E-state index contributed by atoms with van der Waals surface area (Å²) in [4.78, 5) is 0. The number of benzene rings is 1. The van der Waals surface area contributed by atoms with Crippen LogP contribution in [0, 0.1) is 12.7 Å². The van der Waals surface area contributed by atoms with Crippen molar-refractivity contribution in [3.05, 3.63) is 35.1 Å². The zero-order valence-electron chi connectivity index (χ0n) is 8.59. The summed E-state index contributed by atoms with van der Waals surface area (Å²) >= 11 is 1.73. The molecule has 0 bridgehead atoms. The average molecular weight is 213 g/mol. The molecule has 1 aromatic carbocycles. The van der Waals surface area contributed by atoms with Gasteiger partial charge >= 0.3 is 0 Å². The SMILES string of the molecule is CCSCC(N)c1cc(C)ccc1F. The predicted octanol–water partition coefficient (Wildman–Crippen LogP) is 2.89. The molecular weight excluding hydrogens is 197 g/mol. The molecule has 78 valence electrons. The molecule has 0 aliphatic heterocycles. The summed E-state index contributed by atoms with van der Waals surface area (Å²) in [5, 5.41) is 0. The van der Waals surface area contributed by atoms with Crippen LogP contribution in [0.2, 0.25) is 0 Å². The van der Waals surface area contributed by atoms with Gasteiger partial charge in [-0.25, -0.2) is 4.39 Å². The minimum atomic E-state index is -0.195. The molecule has 1 nitrogen and oxygen atoms in total. The van der Waals surface area contributed by atoms with Gasteiger partial charge in [-0.15, -0.1) is 0 Å². The maximum Gasteiger partial charge on any atom is 0.128 e. The molecule has 0 radical (unpaired) electrons. The molecule has 2 N–H and O–H groups in total. The first-order valence-electron chi connectivity index (χ1n) is 4.74. The van der Waals surface area contributed by atoms with Gasteiger partial charge in [0, 0.05) is 17.4 Å². The van der Waals surface area contributed by atoms with Crippen LogP contribution in [0.3, 0.4) is 0 Å². The molecule has 3 heteroatoms. The molecule has 1 unspecified atom stereocenters. The van der Waals surface area contributed by atoms with E-state index < -0.39 is 0 Å². The van der Waals surface area contributed by atoms with Crippen LogP contribution in [0.5, 0.6) is 0 Å². The quantitative estimate of drug-likeness (QED) is 0.832. The van der Waals surface area contributed by atoms with Gasteiger partial charge in [0.25, 0.3) is 0 Å². The lowest BCUT2D eigenvalue weighted by Gasteiger charge is -2.12. The van der Waals surface area contributed by atoms with Gasteiger partial charge < -0.3 is 5.73 Å². The molecule has 0 aliphatic rings. The van der Waals surface area contributed by atoms with Gasteiger partial charge in [0.1, 0.15) is 5.82 Å². The third-order valence-electron chi connectivity index (χ3n) is 2.05. The second-order valence-electron chi connectivity index (χ2n) is 3.29. The fourth-order valence-corrected chi connectivity index (χ4v) is 1.95. The van der Waals surface area contributed by atoms with E-state index in [1.54, 1.807) is 17.8 Å². The topological polar surface area (TPSA) is 26.0 Å². The Morgan fingerprint density at radius 2 is 2.21 bits per heavy atom. The number of hydrogen-bond acceptors (Lipinski definition) is 2. The second-order valence-corrected chi connectivity index (χ2v) is 4.61. The lowest BCUT2D eigenvalue weighted by molar-refractivity contribution is 0.594. The molecule has 0 amide bonds. The summed E-state index contributed by atoms with van der Waals surface area (Å²) in [6, 6.07) is 4.88. The third-order valence-corrected chi connectivity index (χ3v) is 3.06. The van der Waals surface area contributed by atoms with Crippen molar-refractivity contribution in [2.24, 2.45) is 5.73 Å². The van der Waals surface area contributed by atoms with Crippen molar-refractivity contribution in [3.63, 3.8) is 0 Å². The summed E-state index contributed by atoms with van der Waals surface area (Å²) in [6.07, 6.45) is 0. The number of rotatable bonds is 4. The monoisotopic (exact) mass is 213 g/mol. The number of halogens is 1. The summed E-state index contributed by atoms with van der Waals surface area (Å²) in [6.45, 7) is 4.02. The van der Waals surface area contributed by atoms with E-state index in [-0.39, 0.29) is 11.9 Å². The number of thioether (sulfide) groups is 1. The zero-order chi connectivity index (χ0) is 10.6. The van der Waals surface area contributed by atoms with E-state index >= 15 is 0 Å². The molecule has 0 fully saturated rings. The van der Waals surface area contributed by atoms with Crippen molar-refractivity contribution in [3.8, 4) is 0 Å². The molecule has 0 heterocycles. The smallest absolute Gasteiger partial charge is 0.128 e. The Morgan fingerprint density at radius 3 is 2.86 bits per heavy atom. The fourth-order valence-electron chi connectivity index (χ4n) is 1.28. The molecule has 0 saturated carbocycles. The summed E-state index contributed by atoms with van der Waals surface area (Å²) in [5.74, 6) is 1.60. The van der Waals surface area contributed by atoms with E-state index in [9.17, 15) is 4.39 Å². The molecule has 0 aromatic heterocycles. The molecular formula is C11H16FNS. The number of nitrogens with two attached hydrogens (primary N) is 1. The first kappa shape index (κ1) is 11.5. The van der Waals surface area contributed by atoms with Gasteiger partial charge in [0.2, 0.25) is 0 Å². The summed E-state index contributed by atoms with van der Waals surface area (Å²) < 4.78 is 13.4. The predicted molar refractivity (Wildman–Crippen MR) is 61.1 cm³/mol. The van der Waals surface area contributed by atoms with E-state index in [0.717, 1.165) is 17.1 Å². The molecule has 1 aromatic rings. The van der Waals surface area contributed by atoms with Crippen LogP contribution < -0.4 is 5.73 Å². The van der Waals surface area contributed by atoms with Crippen molar-refractivity contribution >= 4 is 11.8 Å². The number of hydrogen-bond donors (Lipinski definition) is 1. The van der Waals surface area contributed by atoms with Crippen molar-refractivity contribution in [2.75, 3.05) is 11.5 Å². The lowest BCUT2D eigenvalue weighted by Crippen LogP contribution is -2.15. The van der Waals surface area contributed by atoms with Gasteiger partial charge in [-0.2, -0.15) is 11.8 Å². The van der Waals surface area contributed by atoms with E-state index in [1.165, 1.54) is 6.07 Å². The third kappa shape index (κ3) is 3.00. The van der Waals surface area contributed by atoms with E-state index in [4.69, 9.17) is 5.73 Å². The highest BCUT2D eigenvalue weighted by molar-refractivity contribution is 7.99. The minimum Gasteiger partial charge on any atom is -0.323 e. The van der Waals surface area contributed by atoms with Crippen LogP contribution in [0.25, 0.3) is 0 Å². The first-order chi connectivity index (χ1) is 6.65. The molecule has 1 rings (SSSR count). The van der Waals surface area contributed by atoms with Gasteiger partial charge in [-0.05, 0) is 18.7 Å². The summed E-state index contributed by atoms with van der Waals surface area (Å²) in [7, 11) is 0. The number of aryl methyl sites for hydroxylation is 1. The van der Waals surface area contributed by atoms with Crippen LogP contribution in [0.1, 0.15) is 24.1 Å². The highest BCUT2D eigenvalue weighted by Crippen LogP contribution is 2.20. The van der Waals surface area contributed by atoms with Crippen molar-refractivity contribution < 1.29 is 4.39 Å². The maximum atomic E-state index is 13.4. The highest BCUT2D eigenvalue weighted by atomic mass is 32.2. The Morgan fingerprint density at radius 1 is 1.50 bits per heavy atom. The van der Waals surface area contributed by atoms with Crippen molar-refractivity contribution in [2.45, 2.75) is 19.9 Å². The van der Waals surface area contributed by atoms with E-state index in [0.29, 0.717) is 5.56 Å². The van der Waals surface area contributed by atoms with Crippen LogP contribution in [-0.4, -0.2) is 11.5 Å². The Bertz CT molecular complexity index is 301. The Kier molecular flexibility index (Phi) is 4.42. The Hall–Kier alpha value is -0.540. The Labute approximate surface area is 88.9 Å². The van der Waals surface area contributed by atoms with Crippen LogP contribution >= 0.6 is 11.8 Å². The van der Waals surface area contributed by atoms with E-state index in [1.807, 2.05) is 13.0 Å². The van der Waals surface area contributed by atoms with Gasteiger partial charge in [-0.1, -0.05) is 24.6 Å². The van der Waals surface area contributed by atoms with Gasteiger partial charge in [0.05, 0.1) is 0 Å².